The van der Waals surface area contributed by atoms with Crippen molar-refractivity contribution < 1.29 is 18.0 Å². The molecule has 0 aliphatic rings. The molecule has 0 fully saturated rings. The highest BCUT2D eigenvalue weighted by Crippen LogP contribution is 2.28. The summed E-state index contributed by atoms with van der Waals surface area (Å²) in [4.78, 5) is 4.78. The van der Waals surface area contributed by atoms with Crippen molar-refractivity contribution in [2.45, 2.75) is 19.5 Å². The molecule has 1 aromatic carbocycles. The lowest BCUT2D eigenvalue weighted by Crippen LogP contribution is -2.04. The van der Waals surface area contributed by atoms with Gasteiger partial charge < -0.3 is 4.84 Å². The molecule has 1 radical (unpaired) electrons. The van der Waals surface area contributed by atoms with Crippen molar-refractivity contribution in [1.82, 2.24) is 0 Å². The maximum absolute atomic E-state index is 12.2. The molecule has 0 spiro atoms. The number of hydrogen-bond donors (Lipinski definition) is 0. The first-order chi connectivity index (χ1) is 7.54. The van der Waals surface area contributed by atoms with Crippen molar-refractivity contribution in [1.29, 1.82) is 0 Å². The third-order valence-electron chi connectivity index (χ3n) is 1.75. The van der Waals surface area contributed by atoms with E-state index in [-0.39, 0.29) is 0 Å². The van der Waals surface area contributed by atoms with Crippen LogP contribution in [0.3, 0.4) is 0 Å². The average molecular weight is 230 g/mol. The zero-order chi connectivity index (χ0) is 12.0. The third kappa shape index (κ3) is 3.92. The van der Waals surface area contributed by atoms with Gasteiger partial charge in [-0.05, 0) is 18.6 Å². The van der Waals surface area contributed by atoms with Crippen LogP contribution in [0.5, 0.6) is 0 Å². The molecule has 0 aromatic heterocycles. The summed E-state index contributed by atoms with van der Waals surface area (Å²) in [5.41, 5.74) is -0.239. The van der Waals surface area contributed by atoms with Crippen LogP contribution in [0.1, 0.15) is 24.5 Å². The van der Waals surface area contributed by atoms with Gasteiger partial charge in [-0.25, -0.2) is 0 Å². The van der Waals surface area contributed by atoms with Crippen LogP contribution >= 0.6 is 0 Å². The summed E-state index contributed by atoms with van der Waals surface area (Å²) in [6.07, 6.45) is -1.000. The molecule has 0 atom stereocenters. The van der Waals surface area contributed by atoms with Gasteiger partial charge in [0.1, 0.15) is 12.8 Å². The molecule has 1 aromatic rings. The van der Waals surface area contributed by atoms with Crippen LogP contribution in [-0.4, -0.2) is 12.8 Å². The summed E-state index contributed by atoms with van der Waals surface area (Å²) in [5, 5.41) is 3.49. The molecule has 1 rings (SSSR count). The van der Waals surface area contributed by atoms with E-state index in [0.717, 1.165) is 18.6 Å². The number of hydrogen-bond acceptors (Lipinski definition) is 2. The van der Waals surface area contributed by atoms with E-state index in [1.54, 1.807) is 0 Å². The molecule has 0 saturated carbocycles. The summed E-state index contributed by atoms with van der Waals surface area (Å²) in [7, 11) is 0. The second kappa shape index (κ2) is 5.53. The van der Waals surface area contributed by atoms with Crippen LogP contribution in [0.25, 0.3) is 0 Å². The minimum atomic E-state index is -4.31. The maximum atomic E-state index is 12.2. The molecule has 0 bridgehead atoms. The predicted octanol–water partition coefficient (Wildman–Crippen LogP) is 3.34. The van der Waals surface area contributed by atoms with E-state index < -0.39 is 11.7 Å². The lowest BCUT2D eigenvalue weighted by Gasteiger charge is -2.05. The van der Waals surface area contributed by atoms with E-state index in [1.807, 2.05) is 6.92 Å². The van der Waals surface area contributed by atoms with Gasteiger partial charge in [0.2, 0.25) is 0 Å². The Kier molecular flexibility index (Phi) is 4.34. The van der Waals surface area contributed by atoms with Crippen molar-refractivity contribution in [3.63, 3.8) is 0 Å². The standard InChI is InChI=1S/C11H11F3NO/c1-2-7-16-15-8-9-3-5-10(6-4-9)11(12,13)14/h3-6H,2,7H2,1H3. The Balaban J connectivity index is 2.61. The van der Waals surface area contributed by atoms with Crippen LogP contribution in [0, 0.1) is 0 Å². The lowest BCUT2D eigenvalue weighted by molar-refractivity contribution is -0.137. The van der Waals surface area contributed by atoms with Crippen LogP contribution < -0.4 is 0 Å². The van der Waals surface area contributed by atoms with Gasteiger partial charge in [-0.15, -0.1) is 0 Å². The van der Waals surface area contributed by atoms with Crippen LogP contribution in [0.4, 0.5) is 13.2 Å². The average Bonchev–Trinajstić information content (AvgIpc) is 2.24. The van der Waals surface area contributed by atoms with E-state index in [1.165, 1.54) is 12.1 Å². The number of nitrogens with zero attached hydrogens (tertiary/aromatic N) is 1. The number of rotatable bonds is 4. The Bertz CT molecular complexity index is 343. The number of halogens is 3. The smallest absolute Gasteiger partial charge is 0.395 e. The first-order valence-corrected chi connectivity index (χ1v) is 4.79. The molecule has 0 N–H and O–H groups in total. The molecule has 0 amide bonds. The van der Waals surface area contributed by atoms with Crippen molar-refractivity contribution in [3.05, 3.63) is 35.4 Å². The molecule has 0 heterocycles. The highest BCUT2D eigenvalue weighted by Gasteiger charge is 2.29. The highest BCUT2D eigenvalue weighted by molar-refractivity contribution is 5.79. The van der Waals surface area contributed by atoms with Gasteiger partial charge in [-0.2, -0.15) is 13.2 Å². The quantitative estimate of drug-likeness (QED) is 0.441. The number of benzene rings is 1. The summed E-state index contributed by atoms with van der Waals surface area (Å²) in [6.45, 7) is 2.39. The van der Waals surface area contributed by atoms with Gasteiger partial charge in [-0.3, -0.25) is 0 Å². The highest BCUT2D eigenvalue weighted by atomic mass is 19.4. The molecular weight excluding hydrogens is 219 g/mol. The van der Waals surface area contributed by atoms with E-state index >= 15 is 0 Å². The third-order valence-corrected chi connectivity index (χ3v) is 1.75. The zero-order valence-corrected chi connectivity index (χ0v) is 8.71. The Morgan fingerprint density at radius 2 is 1.88 bits per heavy atom. The van der Waals surface area contributed by atoms with E-state index in [4.69, 9.17) is 4.84 Å². The van der Waals surface area contributed by atoms with Crippen LogP contribution in [0.2, 0.25) is 0 Å². The van der Waals surface area contributed by atoms with E-state index in [0.29, 0.717) is 12.2 Å². The molecule has 0 unspecified atom stereocenters. The van der Waals surface area contributed by atoms with Gasteiger partial charge in [-0.1, -0.05) is 24.2 Å². The Morgan fingerprint density at radius 3 is 2.38 bits per heavy atom. The van der Waals surface area contributed by atoms with Gasteiger partial charge in [0, 0.05) is 5.56 Å². The SMILES string of the molecule is CCCO/N=[C]\c1ccc(C(F)(F)F)cc1. The van der Waals surface area contributed by atoms with E-state index in [9.17, 15) is 13.2 Å². The monoisotopic (exact) mass is 230 g/mol. The van der Waals surface area contributed by atoms with Crippen molar-refractivity contribution >= 4 is 6.21 Å². The first-order valence-electron chi connectivity index (χ1n) is 4.79. The fraction of sp³-hybridized carbons (Fsp3) is 0.364. The van der Waals surface area contributed by atoms with Crippen molar-refractivity contribution in [3.8, 4) is 0 Å². The minimum Gasteiger partial charge on any atom is -0.395 e. The van der Waals surface area contributed by atoms with Crippen LogP contribution in [-0.2, 0) is 11.0 Å². The van der Waals surface area contributed by atoms with Gasteiger partial charge >= 0.3 is 6.18 Å². The summed E-state index contributed by atoms with van der Waals surface area (Å²) in [6, 6.07) is 4.55. The predicted molar refractivity (Wildman–Crippen MR) is 54.2 cm³/mol. The fourth-order valence-electron chi connectivity index (χ4n) is 0.956. The molecule has 0 aliphatic heterocycles. The molecule has 2 nitrogen and oxygen atoms in total. The normalized spacial score (nSPS) is 12.0. The topological polar surface area (TPSA) is 21.6 Å². The Hall–Kier alpha value is -1.52. The fourth-order valence-corrected chi connectivity index (χ4v) is 0.956. The summed E-state index contributed by atoms with van der Waals surface area (Å²) >= 11 is 0. The first kappa shape index (κ1) is 12.5. The maximum Gasteiger partial charge on any atom is 0.416 e. The molecule has 0 aliphatic carbocycles. The van der Waals surface area contributed by atoms with Crippen molar-refractivity contribution in [2.75, 3.05) is 6.61 Å². The summed E-state index contributed by atoms with van der Waals surface area (Å²) in [5.74, 6) is 0. The molecule has 5 heteroatoms. The zero-order valence-electron chi connectivity index (χ0n) is 8.71. The lowest BCUT2D eigenvalue weighted by atomic mass is 10.1. The van der Waals surface area contributed by atoms with E-state index in [2.05, 4.69) is 11.4 Å². The number of alkyl halides is 3. The van der Waals surface area contributed by atoms with Crippen LogP contribution in [0.15, 0.2) is 29.4 Å². The van der Waals surface area contributed by atoms with Gasteiger partial charge in [0.25, 0.3) is 0 Å². The largest absolute Gasteiger partial charge is 0.416 e. The second-order valence-electron chi connectivity index (χ2n) is 3.11. The molecule has 16 heavy (non-hydrogen) atoms. The summed E-state index contributed by atoms with van der Waals surface area (Å²) < 4.78 is 36.6. The second-order valence-corrected chi connectivity index (χ2v) is 3.11. The minimum absolute atomic E-state index is 0.448. The Morgan fingerprint density at radius 1 is 1.25 bits per heavy atom. The molecular formula is C11H11F3NO. The molecule has 87 valence electrons. The van der Waals surface area contributed by atoms with Gasteiger partial charge in [0.15, 0.2) is 0 Å². The Labute approximate surface area is 91.7 Å². The van der Waals surface area contributed by atoms with Crippen molar-refractivity contribution in [2.24, 2.45) is 5.16 Å². The van der Waals surface area contributed by atoms with Gasteiger partial charge in [0.05, 0.1) is 5.56 Å². The molecule has 0 saturated heterocycles.